The topological polar surface area (TPSA) is 35.6 Å². The molecule has 0 atom stereocenters. The van der Waals surface area contributed by atoms with Crippen LogP contribution in [0.5, 0.6) is 0 Å². The lowest BCUT2D eigenvalue weighted by atomic mass is 9.99. The Kier molecular flexibility index (Phi) is 6.09. The van der Waals surface area contributed by atoms with Crippen molar-refractivity contribution in [2.75, 3.05) is 0 Å². The Morgan fingerprint density at radius 3 is 1.75 bits per heavy atom. The molecule has 238 valence electrons. The Bertz CT molecular complexity index is 3090. The van der Waals surface area contributed by atoms with E-state index in [9.17, 15) is 0 Å². The predicted octanol–water partition coefficient (Wildman–Crippen LogP) is 12.4. The molecule has 0 saturated carbocycles. The molecular formula is C46H28N4S. The minimum Gasteiger partial charge on any atom is -0.308 e. The van der Waals surface area contributed by atoms with Crippen LogP contribution in [0.2, 0.25) is 0 Å². The molecule has 0 unspecified atom stereocenters. The fourth-order valence-corrected chi connectivity index (χ4v) is 9.12. The van der Waals surface area contributed by atoms with E-state index in [0.29, 0.717) is 5.82 Å². The summed E-state index contributed by atoms with van der Waals surface area (Å²) in [5.74, 6) is 1.60. The molecule has 0 fully saturated rings. The third kappa shape index (κ3) is 4.13. The Labute approximate surface area is 297 Å². The number of para-hydroxylation sites is 4. The number of aromatic nitrogens is 4. The summed E-state index contributed by atoms with van der Waals surface area (Å²) in [4.78, 5) is 11.0. The monoisotopic (exact) mass is 668 g/mol. The Morgan fingerprint density at radius 1 is 0.412 bits per heavy atom. The zero-order valence-electron chi connectivity index (χ0n) is 27.4. The molecule has 0 aliphatic heterocycles. The lowest BCUT2D eigenvalue weighted by molar-refractivity contribution is 1.07. The van der Waals surface area contributed by atoms with Gasteiger partial charge in [0.2, 0.25) is 0 Å². The normalized spacial score (nSPS) is 11.9. The molecule has 11 rings (SSSR count). The van der Waals surface area contributed by atoms with Gasteiger partial charge in [0, 0.05) is 37.2 Å². The van der Waals surface area contributed by atoms with Crippen molar-refractivity contribution in [2.24, 2.45) is 0 Å². The van der Waals surface area contributed by atoms with Crippen LogP contribution in [0, 0.1) is 0 Å². The van der Waals surface area contributed by atoms with Crippen molar-refractivity contribution in [3.63, 3.8) is 0 Å². The van der Waals surface area contributed by atoms with Crippen molar-refractivity contribution in [1.82, 2.24) is 19.1 Å². The van der Waals surface area contributed by atoms with Crippen molar-refractivity contribution in [1.29, 1.82) is 0 Å². The van der Waals surface area contributed by atoms with Crippen molar-refractivity contribution >= 4 is 75.3 Å². The van der Waals surface area contributed by atoms with Crippen LogP contribution in [0.15, 0.2) is 170 Å². The van der Waals surface area contributed by atoms with Crippen LogP contribution in [0.1, 0.15) is 0 Å². The molecule has 0 N–H and O–H groups in total. The number of hydrogen-bond donors (Lipinski definition) is 0. The zero-order chi connectivity index (χ0) is 33.5. The van der Waals surface area contributed by atoms with E-state index < -0.39 is 0 Å². The first-order valence-corrected chi connectivity index (χ1v) is 18.0. The zero-order valence-corrected chi connectivity index (χ0v) is 28.2. The second-order valence-electron chi connectivity index (χ2n) is 13.0. The first kappa shape index (κ1) is 28.3. The van der Waals surface area contributed by atoms with Crippen molar-refractivity contribution < 1.29 is 0 Å². The molecular weight excluding hydrogens is 641 g/mol. The third-order valence-corrected chi connectivity index (χ3v) is 11.3. The number of rotatable bonds is 4. The standard InChI is InChI=1S/C46H28N4S/c1-2-15-29(16-3-1)30-22-14-27-40-42(30)33-19-6-11-25-38(33)49(40)39-26-12-7-20-34(39)45-47-43-35-21-8-13-28-41(35)51-44(43)46(48-45)50-36-23-9-4-17-31(36)32-18-5-10-24-37(32)50/h1-28H. The van der Waals surface area contributed by atoms with Gasteiger partial charge in [-0.25, -0.2) is 9.97 Å². The van der Waals surface area contributed by atoms with E-state index in [4.69, 9.17) is 9.97 Å². The largest absolute Gasteiger partial charge is 0.308 e. The smallest absolute Gasteiger partial charge is 0.164 e. The summed E-state index contributed by atoms with van der Waals surface area (Å²) in [6.45, 7) is 0. The Hall–Kier alpha value is -6.56. The summed E-state index contributed by atoms with van der Waals surface area (Å²) in [5, 5.41) is 6.02. The molecule has 0 spiro atoms. The minimum atomic E-state index is 0.698. The average molecular weight is 669 g/mol. The molecule has 0 amide bonds. The molecule has 51 heavy (non-hydrogen) atoms. The van der Waals surface area contributed by atoms with Gasteiger partial charge in [-0.05, 0) is 53.6 Å². The van der Waals surface area contributed by atoms with Gasteiger partial charge in [-0.2, -0.15) is 0 Å². The summed E-state index contributed by atoms with van der Waals surface area (Å²) in [6.07, 6.45) is 0. The highest BCUT2D eigenvalue weighted by atomic mass is 32.1. The van der Waals surface area contributed by atoms with E-state index in [1.807, 2.05) is 0 Å². The highest BCUT2D eigenvalue weighted by Gasteiger charge is 2.23. The molecule has 0 aliphatic carbocycles. The van der Waals surface area contributed by atoms with Gasteiger partial charge >= 0.3 is 0 Å². The van der Waals surface area contributed by atoms with Crippen molar-refractivity contribution in [3.05, 3.63) is 170 Å². The van der Waals surface area contributed by atoms with E-state index in [1.165, 1.54) is 37.4 Å². The fraction of sp³-hybridized carbons (Fsp3) is 0. The first-order chi connectivity index (χ1) is 25.3. The summed E-state index contributed by atoms with van der Waals surface area (Å²) in [5.41, 5.74) is 9.97. The van der Waals surface area contributed by atoms with Crippen molar-refractivity contribution in [3.8, 4) is 34.0 Å². The lowest BCUT2D eigenvalue weighted by Gasteiger charge is -2.15. The molecule has 0 bridgehead atoms. The van der Waals surface area contributed by atoms with Crippen LogP contribution in [0.3, 0.4) is 0 Å². The lowest BCUT2D eigenvalue weighted by Crippen LogP contribution is -2.04. The highest BCUT2D eigenvalue weighted by molar-refractivity contribution is 7.26. The molecule has 0 saturated heterocycles. The molecule has 0 radical (unpaired) electrons. The van der Waals surface area contributed by atoms with Gasteiger partial charge in [0.25, 0.3) is 0 Å². The number of hydrogen-bond acceptors (Lipinski definition) is 3. The second-order valence-corrected chi connectivity index (χ2v) is 14.0. The van der Waals surface area contributed by atoms with Crippen LogP contribution in [-0.4, -0.2) is 19.1 Å². The van der Waals surface area contributed by atoms with E-state index in [2.05, 4.69) is 179 Å². The van der Waals surface area contributed by atoms with Crippen LogP contribution >= 0.6 is 11.3 Å². The van der Waals surface area contributed by atoms with E-state index >= 15 is 0 Å². The quantitative estimate of drug-likeness (QED) is 0.187. The predicted molar refractivity (Wildman–Crippen MR) is 214 cm³/mol. The summed E-state index contributed by atoms with van der Waals surface area (Å²) < 4.78 is 7.01. The maximum absolute atomic E-state index is 5.55. The average Bonchev–Trinajstić information content (AvgIpc) is 3.86. The van der Waals surface area contributed by atoms with E-state index in [1.54, 1.807) is 11.3 Å². The Balaban J connectivity index is 1.25. The SMILES string of the molecule is c1ccc(-c2cccc3c2c2ccccc2n3-c2ccccc2-c2nc(-n3c4ccccc4c4ccccc43)c3sc4ccccc4c3n2)cc1. The maximum Gasteiger partial charge on any atom is 0.164 e. The molecule has 4 heterocycles. The van der Waals surface area contributed by atoms with Crippen LogP contribution in [0.4, 0.5) is 0 Å². The maximum atomic E-state index is 5.55. The molecule has 4 nitrogen and oxygen atoms in total. The minimum absolute atomic E-state index is 0.698. The summed E-state index contributed by atoms with van der Waals surface area (Å²) >= 11 is 1.76. The second kappa shape index (κ2) is 11.0. The number of benzene rings is 7. The van der Waals surface area contributed by atoms with Crippen LogP contribution in [0.25, 0.3) is 97.9 Å². The van der Waals surface area contributed by atoms with Gasteiger partial charge in [0.05, 0.1) is 38.0 Å². The highest BCUT2D eigenvalue weighted by Crippen LogP contribution is 2.43. The van der Waals surface area contributed by atoms with Crippen LogP contribution < -0.4 is 0 Å². The molecule has 5 heteroatoms. The van der Waals surface area contributed by atoms with E-state index in [0.717, 1.165) is 54.7 Å². The van der Waals surface area contributed by atoms with Gasteiger partial charge in [0.1, 0.15) is 0 Å². The first-order valence-electron chi connectivity index (χ1n) is 17.2. The molecule has 11 aromatic rings. The Morgan fingerprint density at radius 2 is 0.980 bits per heavy atom. The fourth-order valence-electron chi connectivity index (χ4n) is 7.99. The van der Waals surface area contributed by atoms with Gasteiger partial charge in [-0.1, -0.05) is 127 Å². The van der Waals surface area contributed by atoms with Gasteiger partial charge < -0.3 is 4.57 Å². The number of fused-ring (bicyclic) bond motifs is 9. The van der Waals surface area contributed by atoms with Gasteiger partial charge in [0.15, 0.2) is 11.6 Å². The molecule has 0 aliphatic rings. The molecule has 4 aromatic heterocycles. The summed E-state index contributed by atoms with van der Waals surface area (Å²) in [7, 11) is 0. The van der Waals surface area contributed by atoms with Gasteiger partial charge in [-0.3, -0.25) is 4.57 Å². The van der Waals surface area contributed by atoms with E-state index in [-0.39, 0.29) is 0 Å². The van der Waals surface area contributed by atoms with Crippen LogP contribution in [-0.2, 0) is 0 Å². The molecule has 7 aromatic carbocycles. The summed E-state index contributed by atoms with van der Waals surface area (Å²) in [6, 6.07) is 60.5. The third-order valence-electron chi connectivity index (χ3n) is 10.2. The van der Waals surface area contributed by atoms with Gasteiger partial charge in [-0.15, -0.1) is 11.3 Å². The van der Waals surface area contributed by atoms with Crippen molar-refractivity contribution in [2.45, 2.75) is 0 Å². The number of nitrogens with zero attached hydrogens (tertiary/aromatic N) is 4. The number of thiophene rings is 1.